The molecule has 1 aliphatic rings. The largest absolute Gasteiger partial charge is 0.490 e. The SMILES string of the molecule is C=CCOc1ccc(-c2nn(-c3ccccc3)cc2/C=C2\SC(=S)NC2=O)c(C)c1. The lowest BCUT2D eigenvalue weighted by atomic mass is 10.0. The fourth-order valence-corrected chi connectivity index (χ4v) is 4.16. The molecule has 0 radical (unpaired) electrons. The highest BCUT2D eigenvalue weighted by atomic mass is 32.2. The summed E-state index contributed by atoms with van der Waals surface area (Å²) in [6.45, 7) is 6.14. The van der Waals surface area contributed by atoms with Gasteiger partial charge in [0.15, 0.2) is 0 Å². The number of aromatic nitrogens is 2. The van der Waals surface area contributed by atoms with Crippen LogP contribution in [0.1, 0.15) is 11.1 Å². The average Bonchev–Trinajstić information content (AvgIpc) is 3.30. The number of carbonyl (C=O) groups is 1. The molecule has 2 heterocycles. The lowest BCUT2D eigenvalue weighted by molar-refractivity contribution is -0.115. The fraction of sp³-hybridized carbons (Fsp3) is 0.0870. The van der Waals surface area contributed by atoms with Crippen LogP contribution in [0.5, 0.6) is 5.75 Å². The Balaban J connectivity index is 1.81. The first-order valence-electron chi connectivity index (χ1n) is 9.30. The Labute approximate surface area is 184 Å². The Hall–Kier alpha value is -3.16. The third-order valence-corrected chi connectivity index (χ3v) is 5.68. The maximum Gasteiger partial charge on any atom is 0.263 e. The predicted molar refractivity (Wildman–Crippen MR) is 126 cm³/mol. The molecule has 1 amide bonds. The molecule has 0 saturated carbocycles. The van der Waals surface area contributed by atoms with E-state index < -0.39 is 0 Å². The van der Waals surface area contributed by atoms with Gasteiger partial charge in [0, 0.05) is 17.3 Å². The fourth-order valence-electron chi connectivity index (χ4n) is 3.12. The quantitative estimate of drug-likeness (QED) is 0.340. The molecule has 0 atom stereocenters. The van der Waals surface area contributed by atoms with Gasteiger partial charge in [-0.2, -0.15) is 5.10 Å². The molecule has 1 saturated heterocycles. The molecule has 0 bridgehead atoms. The van der Waals surface area contributed by atoms with Crippen LogP contribution < -0.4 is 10.1 Å². The molecule has 3 aromatic rings. The Kier molecular flexibility index (Phi) is 5.83. The van der Waals surface area contributed by atoms with Gasteiger partial charge in [0.1, 0.15) is 22.4 Å². The van der Waals surface area contributed by atoms with E-state index in [1.54, 1.807) is 6.08 Å². The number of rotatable bonds is 6. The maximum atomic E-state index is 12.2. The van der Waals surface area contributed by atoms with Crippen LogP contribution in [0.25, 0.3) is 23.0 Å². The number of hydrogen-bond acceptors (Lipinski definition) is 5. The maximum absolute atomic E-state index is 12.2. The number of nitrogens with one attached hydrogen (secondary N) is 1. The van der Waals surface area contributed by atoms with Crippen LogP contribution in [0, 0.1) is 6.92 Å². The molecular weight excluding hydrogens is 414 g/mol. The van der Waals surface area contributed by atoms with Crippen molar-refractivity contribution >= 4 is 40.3 Å². The molecule has 1 N–H and O–H groups in total. The molecular formula is C23H19N3O2S2. The number of carbonyl (C=O) groups excluding carboxylic acids is 1. The lowest BCUT2D eigenvalue weighted by Crippen LogP contribution is -2.17. The number of thioether (sulfide) groups is 1. The summed E-state index contributed by atoms with van der Waals surface area (Å²) in [6.07, 6.45) is 5.47. The average molecular weight is 434 g/mol. The number of nitrogens with zero attached hydrogens (tertiary/aromatic N) is 2. The van der Waals surface area contributed by atoms with E-state index in [0.29, 0.717) is 15.8 Å². The molecule has 5 nitrogen and oxygen atoms in total. The standard InChI is InChI=1S/C23H19N3O2S2/c1-3-11-28-18-9-10-19(15(2)12-18)21-16(13-20-22(27)24-23(29)30-20)14-26(25-21)17-7-5-4-6-8-17/h3-10,12-14H,1,11H2,2H3,(H,24,27,29)/b20-13-. The number of hydrogen-bond donors (Lipinski definition) is 1. The van der Waals surface area contributed by atoms with Gasteiger partial charge in [-0.1, -0.05) is 54.8 Å². The Morgan fingerprint density at radius 2 is 2.07 bits per heavy atom. The Morgan fingerprint density at radius 3 is 2.73 bits per heavy atom. The van der Waals surface area contributed by atoms with E-state index in [1.165, 1.54) is 11.8 Å². The van der Waals surface area contributed by atoms with Gasteiger partial charge in [-0.25, -0.2) is 4.68 Å². The van der Waals surface area contributed by atoms with Crippen LogP contribution in [0.2, 0.25) is 0 Å². The normalized spacial score (nSPS) is 14.8. The summed E-state index contributed by atoms with van der Waals surface area (Å²) in [4.78, 5) is 12.7. The Morgan fingerprint density at radius 1 is 1.27 bits per heavy atom. The van der Waals surface area contributed by atoms with E-state index in [0.717, 1.165) is 33.8 Å². The number of para-hydroxylation sites is 1. The molecule has 0 aliphatic carbocycles. The van der Waals surface area contributed by atoms with Crippen molar-refractivity contribution in [2.24, 2.45) is 0 Å². The third-order valence-electron chi connectivity index (χ3n) is 4.51. The minimum absolute atomic E-state index is 0.187. The van der Waals surface area contributed by atoms with Crippen molar-refractivity contribution in [2.45, 2.75) is 6.92 Å². The molecule has 1 aromatic heterocycles. The van der Waals surface area contributed by atoms with Gasteiger partial charge in [0.05, 0.1) is 10.6 Å². The van der Waals surface area contributed by atoms with Gasteiger partial charge >= 0.3 is 0 Å². The van der Waals surface area contributed by atoms with Crippen molar-refractivity contribution in [3.63, 3.8) is 0 Å². The summed E-state index contributed by atoms with van der Waals surface area (Å²) in [7, 11) is 0. The zero-order valence-corrected chi connectivity index (χ0v) is 17.9. The summed E-state index contributed by atoms with van der Waals surface area (Å²) in [5.41, 5.74) is 4.54. The second kappa shape index (κ2) is 8.69. The summed E-state index contributed by atoms with van der Waals surface area (Å²) < 4.78 is 7.92. The third kappa shape index (κ3) is 4.22. The second-order valence-electron chi connectivity index (χ2n) is 6.64. The van der Waals surface area contributed by atoms with E-state index in [4.69, 9.17) is 22.1 Å². The number of ether oxygens (including phenoxy) is 1. The van der Waals surface area contributed by atoms with Gasteiger partial charge in [0.2, 0.25) is 0 Å². The Bertz CT molecular complexity index is 1170. The molecule has 150 valence electrons. The topological polar surface area (TPSA) is 56.1 Å². The molecule has 7 heteroatoms. The summed E-state index contributed by atoms with van der Waals surface area (Å²) in [5.74, 6) is 0.586. The van der Waals surface area contributed by atoms with Crippen LogP contribution in [0.3, 0.4) is 0 Å². The van der Waals surface area contributed by atoms with Gasteiger partial charge < -0.3 is 10.1 Å². The highest BCUT2D eigenvalue weighted by Crippen LogP contribution is 2.33. The number of amides is 1. The zero-order chi connectivity index (χ0) is 21.1. The van der Waals surface area contributed by atoms with Crippen molar-refractivity contribution < 1.29 is 9.53 Å². The van der Waals surface area contributed by atoms with Crippen LogP contribution >= 0.6 is 24.0 Å². The molecule has 4 rings (SSSR count). The van der Waals surface area contributed by atoms with Gasteiger partial charge in [0.25, 0.3) is 5.91 Å². The smallest absolute Gasteiger partial charge is 0.263 e. The monoisotopic (exact) mass is 433 g/mol. The highest BCUT2D eigenvalue weighted by Gasteiger charge is 2.23. The molecule has 30 heavy (non-hydrogen) atoms. The van der Waals surface area contributed by atoms with Crippen LogP contribution in [-0.2, 0) is 4.79 Å². The van der Waals surface area contributed by atoms with Gasteiger partial charge in [-0.3, -0.25) is 4.79 Å². The van der Waals surface area contributed by atoms with Crippen molar-refractivity contribution in [2.75, 3.05) is 6.61 Å². The first-order chi connectivity index (χ1) is 14.5. The number of aryl methyl sites for hydroxylation is 1. The van der Waals surface area contributed by atoms with Crippen molar-refractivity contribution in [1.29, 1.82) is 0 Å². The van der Waals surface area contributed by atoms with Crippen molar-refractivity contribution in [3.8, 4) is 22.7 Å². The highest BCUT2D eigenvalue weighted by molar-refractivity contribution is 8.26. The van der Waals surface area contributed by atoms with Gasteiger partial charge in [-0.05, 0) is 48.9 Å². The minimum Gasteiger partial charge on any atom is -0.490 e. The predicted octanol–water partition coefficient (Wildman–Crippen LogP) is 4.90. The molecule has 2 aromatic carbocycles. The van der Waals surface area contributed by atoms with E-state index in [-0.39, 0.29) is 5.91 Å². The molecule has 1 aliphatic heterocycles. The van der Waals surface area contributed by atoms with E-state index in [1.807, 2.05) is 72.4 Å². The zero-order valence-electron chi connectivity index (χ0n) is 16.3. The molecule has 0 unspecified atom stereocenters. The van der Waals surface area contributed by atoms with Crippen molar-refractivity contribution in [3.05, 3.63) is 83.4 Å². The molecule has 0 spiro atoms. The minimum atomic E-state index is -0.187. The lowest BCUT2D eigenvalue weighted by Gasteiger charge is -2.08. The van der Waals surface area contributed by atoms with Crippen molar-refractivity contribution in [1.82, 2.24) is 15.1 Å². The van der Waals surface area contributed by atoms with Crippen LogP contribution in [-0.4, -0.2) is 26.6 Å². The summed E-state index contributed by atoms with van der Waals surface area (Å²) >= 11 is 6.37. The van der Waals surface area contributed by atoms with Crippen LogP contribution in [0.4, 0.5) is 0 Å². The number of benzene rings is 2. The first-order valence-corrected chi connectivity index (χ1v) is 10.5. The van der Waals surface area contributed by atoms with Gasteiger partial charge in [-0.15, -0.1) is 0 Å². The number of thiocarbonyl (C=S) groups is 1. The van der Waals surface area contributed by atoms with Crippen LogP contribution in [0.15, 0.2) is 72.3 Å². The first kappa shape index (κ1) is 20.1. The summed E-state index contributed by atoms with van der Waals surface area (Å²) in [5, 5.41) is 7.49. The molecule has 1 fully saturated rings. The second-order valence-corrected chi connectivity index (χ2v) is 8.36. The van der Waals surface area contributed by atoms with E-state index in [2.05, 4.69) is 11.9 Å². The summed E-state index contributed by atoms with van der Waals surface area (Å²) in [6, 6.07) is 15.7. The van der Waals surface area contributed by atoms with E-state index in [9.17, 15) is 4.79 Å². The van der Waals surface area contributed by atoms with E-state index >= 15 is 0 Å².